The number of likely N-dealkylation sites (tertiary alicyclic amines) is 1. The Labute approximate surface area is 215 Å². The molecule has 0 aliphatic carbocycles. The fraction of sp³-hybridized carbons (Fsp3) is 0.379. The lowest BCUT2D eigenvalue weighted by molar-refractivity contribution is 0.0762. The third-order valence-electron chi connectivity index (χ3n) is 8.14. The molecule has 8 heteroatoms. The Morgan fingerprint density at radius 1 is 0.973 bits per heavy atom. The molecule has 1 N–H and O–H groups in total. The highest BCUT2D eigenvalue weighted by Crippen LogP contribution is 2.35. The Balaban J connectivity index is 1.15. The van der Waals surface area contributed by atoms with Crippen LogP contribution in [0.25, 0.3) is 28.3 Å². The number of fused-ring (bicyclic) bond motifs is 5. The van der Waals surface area contributed by atoms with Crippen molar-refractivity contribution >= 4 is 5.82 Å². The minimum absolute atomic E-state index is 0.122. The van der Waals surface area contributed by atoms with E-state index < -0.39 is 0 Å². The molecule has 0 bridgehead atoms. The first-order valence-corrected chi connectivity index (χ1v) is 13.3. The Kier molecular flexibility index (Phi) is 5.59. The van der Waals surface area contributed by atoms with Crippen LogP contribution in [0.3, 0.4) is 0 Å². The van der Waals surface area contributed by atoms with Gasteiger partial charge in [-0.05, 0) is 61.1 Å². The summed E-state index contributed by atoms with van der Waals surface area (Å²) in [6.07, 6.45) is 8.78. The van der Waals surface area contributed by atoms with E-state index in [1.54, 1.807) is 0 Å². The Morgan fingerprint density at radius 2 is 1.81 bits per heavy atom. The van der Waals surface area contributed by atoms with Crippen LogP contribution in [-0.2, 0) is 6.54 Å². The topological polar surface area (TPSA) is 62.4 Å². The number of imidazole rings is 1. The van der Waals surface area contributed by atoms with Crippen LogP contribution in [0.2, 0.25) is 0 Å². The van der Waals surface area contributed by atoms with Crippen molar-refractivity contribution in [2.24, 2.45) is 5.92 Å². The van der Waals surface area contributed by atoms with Gasteiger partial charge in [-0.3, -0.25) is 4.57 Å². The van der Waals surface area contributed by atoms with Crippen molar-refractivity contribution in [3.63, 3.8) is 0 Å². The van der Waals surface area contributed by atoms with Crippen LogP contribution >= 0.6 is 0 Å². The summed E-state index contributed by atoms with van der Waals surface area (Å²) in [5.41, 5.74) is 5.12. The van der Waals surface area contributed by atoms with Crippen LogP contribution in [-0.4, -0.2) is 67.9 Å². The van der Waals surface area contributed by atoms with Crippen molar-refractivity contribution in [3.05, 3.63) is 72.6 Å². The molecule has 37 heavy (non-hydrogen) atoms. The number of halogens is 1. The standard InChI is InChI=1S/C29H31FN6O/c30-23-3-1-21(2-4-23)22-15-27-29-31-10-14-36(29)26-5-6-28(32-25(26)19-35(27)18-22)34-13-7-20(17-34)16-33-11-8-24(37)9-12-33/h1-6,10,14-15,18,20,24,37H,7-9,11-13,16-17,19H2/t20-/m0/s1. The summed E-state index contributed by atoms with van der Waals surface area (Å²) in [6.45, 7) is 5.79. The second-order valence-electron chi connectivity index (χ2n) is 10.6. The Morgan fingerprint density at radius 3 is 2.65 bits per heavy atom. The summed E-state index contributed by atoms with van der Waals surface area (Å²) in [5.74, 6) is 2.32. The highest BCUT2D eigenvalue weighted by Gasteiger charge is 2.28. The minimum Gasteiger partial charge on any atom is -0.393 e. The molecular weight excluding hydrogens is 467 g/mol. The summed E-state index contributed by atoms with van der Waals surface area (Å²) < 4.78 is 17.8. The Bertz CT molecular complexity index is 1420. The summed E-state index contributed by atoms with van der Waals surface area (Å²) >= 11 is 0. The smallest absolute Gasteiger partial charge is 0.161 e. The number of hydrogen-bond donors (Lipinski definition) is 1. The highest BCUT2D eigenvalue weighted by atomic mass is 19.1. The quantitative estimate of drug-likeness (QED) is 0.403. The van der Waals surface area contributed by atoms with Crippen LogP contribution in [0.15, 0.2) is 61.1 Å². The van der Waals surface area contributed by atoms with Crippen molar-refractivity contribution in [1.82, 2.24) is 24.0 Å². The van der Waals surface area contributed by atoms with E-state index >= 15 is 0 Å². The molecule has 6 heterocycles. The van der Waals surface area contributed by atoms with E-state index in [2.05, 4.69) is 48.3 Å². The number of hydrogen-bond acceptors (Lipinski definition) is 5. The first-order chi connectivity index (χ1) is 18.1. The molecule has 0 radical (unpaired) electrons. The maximum Gasteiger partial charge on any atom is 0.161 e. The van der Waals surface area contributed by atoms with Gasteiger partial charge < -0.3 is 19.5 Å². The maximum absolute atomic E-state index is 13.5. The molecule has 3 aliphatic rings. The molecule has 0 unspecified atom stereocenters. The van der Waals surface area contributed by atoms with Gasteiger partial charge in [0.2, 0.25) is 0 Å². The van der Waals surface area contributed by atoms with E-state index in [0.29, 0.717) is 12.5 Å². The van der Waals surface area contributed by atoms with Gasteiger partial charge in [0, 0.05) is 56.9 Å². The molecule has 3 aliphatic heterocycles. The third-order valence-corrected chi connectivity index (χ3v) is 8.14. The van der Waals surface area contributed by atoms with E-state index in [-0.39, 0.29) is 11.9 Å². The average Bonchev–Trinajstić information content (AvgIpc) is 3.65. The molecule has 0 spiro atoms. The van der Waals surface area contributed by atoms with Crippen molar-refractivity contribution in [3.8, 4) is 28.3 Å². The second kappa shape index (κ2) is 9.11. The largest absolute Gasteiger partial charge is 0.393 e. The zero-order chi connectivity index (χ0) is 24.9. The number of anilines is 1. The minimum atomic E-state index is -0.232. The van der Waals surface area contributed by atoms with Crippen LogP contribution in [0.4, 0.5) is 10.2 Å². The first kappa shape index (κ1) is 22.7. The predicted molar refractivity (Wildman–Crippen MR) is 141 cm³/mol. The van der Waals surface area contributed by atoms with Crippen LogP contribution in [0.1, 0.15) is 25.0 Å². The number of nitrogens with zero attached hydrogens (tertiary/aromatic N) is 6. The van der Waals surface area contributed by atoms with Gasteiger partial charge in [-0.2, -0.15) is 0 Å². The SMILES string of the molecule is OC1CCN(C[C@@H]2CCN(c3ccc4c(n3)Cn3cc(-c5ccc(F)cc5)cc3-c3nccn3-4)C2)CC1. The van der Waals surface area contributed by atoms with E-state index in [9.17, 15) is 9.50 Å². The lowest BCUT2D eigenvalue weighted by Crippen LogP contribution is -2.39. The van der Waals surface area contributed by atoms with Crippen LogP contribution in [0.5, 0.6) is 0 Å². The lowest BCUT2D eigenvalue weighted by Gasteiger charge is -2.31. The molecule has 0 saturated carbocycles. The number of aromatic nitrogens is 4. The average molecular weight is 499 g/mol. The molecule has 1 aromatic carbocycles. The zero-order valence-corrected chi connectivity index (χ0v) is 20.8. The normalized spacial score (nSPS) is 19.9. The summed E-state index contributed by atoms with van der Waals surface area (Å²) in [5, 5.41) is 9.81. The number of pyridine rings is 1. The summed E-state index contributed by atoms with van der Waals surface area (Å²) in [4.78, 5) is 14.8. The zero-order valence-electron chi connectivity index (χ0n) is 20.8. The lowest BCUT2D eigenvalue weighted by atomic mass is 10.0. The van der Waals surface area contributed by atoms with Crippen molar-refractivity contribution in [2.45, 2.75) is 31.9 Å². The van der Waals surface area contributed by atoms with E-state index in [1.165, 1.54) is 18.6 Å². The molecule has 3 aromatic heterocycles. The second-order valence-corrected chi connectivity index (χ2v) is 10.6. The van der Waals surface area contributed by atoms with Crippen LogP contribution in [0, 0.1) is 11.7 Å². The van der Waals surface area contributed by atoms with E-state index in [0.717, 1.165) is 85.4 Å². The number of rotatable bonds is 4. The highest BCUT2D eigenvalue weighted by molar-refractivity contribution is 5.71. The number of aliphatic hydroxyl groups excluding tert-OH is 1. The Hall–Kier alpha value is -3.49. The molecule has 0 amide bonds. The fourth-order valence-electron chi connectivity index (χ4n) is 6.13. The molecule has 4 aromatic rings. The van der Waals surface area contributed by atoms with Crippen LogP contribution < -0.4 is 4.90 Å². The molecular formula is C29H31FN6O. The van der Waals surface area contributed by atoms with Crippen molar-refractivity contribution in [2.75, 3.05) is 37.6 Å². The number of benzene rings is 1. The molecule has 190 valence electrons. The molecule has 7 rings (SSSR count). The number of aliphatic hydroxyl groups is 1. The monoisotopic (exact) mass is 498 g/mol. The van der Waals surface area contributed by atoms with Gasteiger partial charge in [0.05, 0.1) is 29.7 Å². The first-order valence-electron chi connectivity index (χ1n) is 13.3. The van der Waals surface area contributed by atoms with Crippen molar-refractivity contribution in [1.29, 1.82) is 0 Å². The molecule has 7 nitrogen and oxygen atoms in total. The van der Waals surface area contributed by atoms with Gasteiger partial charge in [-0.1, -0.05) is 12.1 Å². The van der Waals surface area contributed by atoms with E-state index in [1.807, 2.05) is 24.5 Å². The molecule has 1 atom stereocenters. The number of piperidine rings is 1. The van der Waals surface area contributed by atoms with Gasteiger partial charge in [0.15, 0.2) is 5.82 Å². The third kappa shape index (κ3) is 4.24. The van der Waals surface area contributed by atoms with Gasteiger partial charge in [0.25, 0.3) is 0 Å². The summed E-state index contributed by atoms with van der Waals surface area (Å²) in [6, 6.07) is 13.1. The van der Waals surface area contributed by atoms with Gasteiger partial charge in [-0.25, -0.2) is 14.4 Å². The summed E-state index contributed by atoms with van der Waals surface area (Å²) in [7, 11) is 0. The van der Waals surface area contributed by atoms with E-state index in [4.69, 9.17) is 4.98 Å². The predicted octanol–water partition coefficient (Wildman–Crippen LogP) is 4.19. The molecule has 2 saturated heterocycles. The van der Waals surface area contributed by atoms with Gasteiger partial charge in [-0.15, -0.1) is 0 Å². The fourth-order valence-corrected chi connectivity index (χ4v) is 6.13. The molecule has 2 fully saturated rings. The van der Waals surface area contributed by atoms with Gasteiger partial charge in [0.1, 0.15) is 11.6 Å². The maximum atomic E-state index is 13.5. The van der Waals surface area contributed by atoms with Gasteiger partial charge >= 0.3 is 0 Å². The van der Waals surface area contributed by atoms with Crippen molar-refractivity contribution < 1.29 is 9.50 Å².